The third-order valence-electron chi connectivity index (χ3n) is 1.50. The van der Waals surface area contributed by atoms with Crippen molar-refractivity contribution in [2.24, 2.45) is 0 Å². The Morgan fingerprint density at radius 2 is 1.74 bits per heavy atom. The van der Waals surface area contributed by atoms with E-state index >= 15 is 0 Å². The van der Waals surface area contributed by atoms with Crippen LogP contribution in [-0.2, 0) is 0 Å². The van der Waals surface area contributed by atoms with Crippen molar-refractivity contribution >= 4 is 17.8 Å². The number of aromatic nitrogens is 3. The van der Waals surface area contributed by atoms with Gasteiger partial charge in [0.25, 0.3) is 0 Å². The number of anilines is 3. The predicted octanol–water partition coefficient (Wildman–Crippen LogP) is -0.896. The number of nitrogens with two attached hydrogens (primary N) is 1. The molecular formula is C10H20N6O3. The molecule has 0 aliphatic carbocycles. The Morgan fingerprint density at radius 1 is 1.21 bits per heavy atom. The van der Waals surface area contributed by atoms with Crippen molar-refractivity contribution in [3.05, 3.63) is 12.2 Å². The maximum atomic E-state index is 8.85. The fraction of sp³-hybridized carbons (Fsp3) is 0.500. The number of hydrogen-bond acceptors (Lipinski definition) is 9. The van der Waals surface area contributed by atoms with E-state index in [1.54, 1.807) is 0 Å². The first kappa shape index (κ1) is 17.0. The monoisotopic (exact) mass is 272 g/mol. The van der Waals surface area contributed by atoms with Crippen molar-refractivity contribution < 1.29 is 15.3 Å². The lowest BCUT2D eigenvalue weighted by atomic mass is 10.4. The van der Waals surface area contributed by atoms with Gasteiger partial charge in [0.05, 0.1) is 0 Å². The van der Waals surface area contributed by atoms with Crippen molar-refractivity contribution in [3.63, 3.8) is 0 Å². The minimum absolute atomic E-state index is 0.0171. The first-order chi connectivity index (χ1) is 8.94. The van der Waals surface area contributed by atoms with E-state index in [4.69, 9.17) is 21.1 Å². The second-order valence-electron chi connectivity index (χ2n) is 3.68. The van der Waals surface area contributed by atoms with Gasteiger partial charge in [0.1, 0.15) is 20.2 Å². The van der Waals surface area contributed by atoms with Crippen LogP contribution in [-0.4, -0.2) is 50.5 Å². The van der Waals surface area contributed by atoms with Crippen LogP contribution in [0, 0.1) is 0 Å². The van der Waals surface area contributed by atoms with Crippen LogP contribution < -0.4 is 16.0 Å². The van der Waals surface area contributed by atoms with Crippen molar-refractivity contribution in [1.82, 2.24) is 15.0 Å². The number of hydrogen-bond donors (Lipinski definition) is 5. The highest BCUT2D eigenvalue weighted by molar-refractivity contribution is 5.40. The Morgan fingerprint density at radius 3 is 2.16 bits per heavy atom. The molecule has 0 radical (unpaired) electrons. The molecule has 1 aromatic rings. The maximum absolute atomic E-state index is 8.85. The van der Waals surface area contributed by atoms with Crippen molar-refractivity contribution in [2.45, 2.75) is 13.8 Å². The van der Waals surface area contributed by atoms with Gasteiger partial charge in [0.2, 0.25) is 17.8 Å². The molecule has 108 valence electrons. The van der Waals surface area contributed by atoms with Crippen LogP contribution in [0.25, 0.3) is 0 Å². The molecule has 9 nitrogen and oxygen atoms in total. The van der Waals surface area contributed by atoms with E-state index in [2.05, 4.69) is 26.8 Å². The minimum Gasteiger partial charge on any atom is -0.376 e. The molecule has 19 heavy (non-hydrogen) atoms. The molecule has 0 aliphatic heterocycles. The highest BCUT2D eigenvalue weighted by Gasteiger charge is 2.10. The number of nitrogens with one attached hydrogen (secondary N) is 1. The van der Waals surface area contributed by atoms with E-state index in [0.29, 0.717) is 0 Å². The maximum Gasteiger partial charge on any atom is 0.235 e. The summed E-state index contributed by atoms with van der Waals surface area (Å²) in [5.41, 5.74) is 6.53. The zero-order chi connectivity index (χ0) is 14.8. The molecule has 0 spiro atoms. The summed E-state index contributed by atoms with van der Waals surface area (Å²) in [6.07, 6.45) is 0. The van der Waals surface area contributed by atoms with E-state index < -0.39 is 13.5 Å². The predicted molar refractivity (Wildman–Crippen MR) is 72.1 cm³/mol. The Kier molecular flexibility index (Phi) is 8.09. The number of nitrogens with zero attached hydrogens (tertiary/aromatic N) is 4. The van der Waals surface area contributed by atoms with Gasteiger partial charge < -0.3 is 26.4 Å². The smallest absolute Gasteiger partial charge is 0.235 e. The Hall–Kier alpha value is -1.97. The summed E-state index contributed by atoms with van der Waals surface area (Å²) in [6, 6.07) is 0. The fourth-order valence-electron chi connectivity index (χ4n) is 0.843. The first-order valence-corrected chi connectivity index (χ1v) is 5.39. The lowest BCUT2D eigenvalue weighted by Gasteiger charge is -2.16. The van der Waals surface area contributed by atoms with E-state index in [1.165, 1.54) is 5.57 Å². The van der Waals surface area contributed by atoms with Crippen LogP contribution >= 0.6 is 0 Å². The third kappa shape index (κ3) is 7.13. The number of aliphatic hydroxyl groups is 3. The van der Waals surface area contributed by atoms with Gasteiger partial charge in [0, 0.05) is 0 Å². The summed E-state index contributed by atoms with van der Waals surface area (Å²) in [5.74, 6) is -0.00167. The number of aliphatic hydroxyl groups excluding tert-OH is 3. The van der Waals surface area contributed by atoms with Crippen molar-refractivity contribution in [3.8, 4) is 0 Å². The molecule has 9 heteroatoms. The Bertz CT molecular complexity index is 393. The molecule has 0 fully saturated rings. The topological polar surface area (TPSA) is 141 Å². The van der Waals surface area contributed by atoms with E-state index in [0.717, 1.165) is 4.90 Å². The van der Waals surface area contributed by atoms with Crippen molar-refractivity contribution in [1.29, 1.82) is 0 Å². The van der Waals surface area contributed by atoms with Gasteiger partial charge in [-0.25, -0.2) is 0 Å². The number of rotatable bonds is 5. The lowest BCUT2D eigenvalue weighted by Crippen LogP contribution is -2.28. The second kappa shape index (κ2) is 9.03. The molecule has 0 amide bonds. The van der Waals surface area contributed by atoms with Crippen LogP contribution in [0.1, 0.15) is 13.8 Å². The molecule has 6 N–H and O–H groups in total. The quantitative estimate of drug-likeness (QED) is 0.340. The van der Waals surface area contributed by atoms with Crippen LogP contribution in [0.2, 0.25) is 0 Å². The minimum atomic E-state index is -0.460. The molecule has 1 rings (SSSR count). The van der Waals surface area contributed by atoms with Crippen LogP contribution in [0.15, 0.2) is 12.2 Å². The fourth-order valence-corrected chi connectivity index (χ4v) is 0.843. The molecule has 0 aliphatic rings. The highest BCUT2D eigenvalue weighted by Crippen LogP contribution is 2.10. The average molecular weight is 272 g/mol. The third-order valence-corrected chi connectivity index (χ3v) is 1.50. The summed E-state index contributed by atoms with van der Waals surface area (Å²) < 4.78 is 0. The number of allylic oxidation sites excluding steroid dienone is 1. The molecule has 0 saturated heterocycles. The summed E-state index contributed by atoms with van der Waals surface area (Å²) in [7, 11) is 0. The standard InChI is InChI=1S/C6H12N6O3.C4H8/c7-4-9-5(8-1-13)11-6(10-4)12(2-14)3-15;1-4(2)3/h13-15H,1-3H2,(H3,7,8,9,10,11);1H2,2-3H3. The van der Waals surface area contributed by atoms with Crippen molar-refractivity contribution in [2.75, 3.05) is 36.1 Å². The van der Waals surface area contributed by atoms with Crippen LogP contribution in [0.5, 0.6) is 0 Å². The van der Waals surface area contributed by atoms with E-state index in [1.807, 2.05) is 13.8 Å². The zero-order valence-corrected chi connectivity index (χ0v) is 11.0. The van der Waals surface area contributed by atoms with E-state index in [-0.39, 0.29) is 24.6 Å². The molecule has 0 aromatic carbocycles. The van der Waals surface area contributed by atoms with Gasteiger partial charge >= 0.3 is 0 Å². The molecule has 0 bridgehead atoms. The Balaban J connectivity index is 0.000000711. The zero-order valence-electron chi connectivity index (χ0n) is 11.0. The number of nitrogen functional groups attached to an aromatic ring is 1. The lowest BCUT2D eigenvalue weighted by molar-refractivity contribution is 0.220. The summed E-state index contributed by atoms with van der Waals surface area (Å²) >= 11 is 0. The normalized spacial score (nSPS) is 9.32. The second-order valence-corrected chi connectivity index (χ2v) is 3.68. The highest BCUT2D eigenvalue weighted by atomic mass is 16.3. The largest absolute Gasteiger partial charge is 0.376 e. The van der Waals surface area contributed by atoms with Gasteiger partial charge in [-0.1, -0.05) is 5.57 Å². The molecule has 0 saturated carbocycles. The van der Waals surface area contributed by atoms with Gasteiger partial charge in [-0.3, -0.25) is 4.90 Å². The molecular weight excluding hydrogens is 252 g/mol. The molecule has 0 unspecified atom stereocenters. The summed E-state index contributed by atoms with van der Waals surface area (Å²) in [5, 5.41) is 28.7. The molecule has 0 atom stereocenters. The summed E-state index contributed by atoms with van der Waals surface area (Å²) in [4.78, 5) is 12.2. The first-order valence-electron chi connectivity index (χ1n) is 5.39. The summed E-state index contributed by atoms with van der Waals surface area (Å²) in [6.45, 7) is 6.22. The SMILES string of the molecule is C=C(C)C.Nc1nc(NCO)nc(N(CO)CO)n1. The van der Waals surface area contributed by atoms with Gasteiger partial charge in [-0.2, -0.15) is 15.0 Å². The van der Waals surface area contributed by atoms with Gasteiger partial charge in [0.15, 0.2) is 0 Å². The van der Waals surface area contributed by atoms with Gasteiger partial charge in [-0.15, -0.1) is 6.58 Å². The average Bonchev–Trinajstić information content (AvgIpc) is 2.29. The van der Waals surface area contributed by atoms with Gasteiger partial charge in [-0.05, 0) is 13.8 Å². The van der Waals surface area contributed by atoms with Crippen LogP contribution in [0.4, 0.5) is 17.8 Å². The molecule has 1 heterocycles. The molecule has 1 aromatic heterocycles. The van der Waals surface area contributed by atoms with Crippen LogP contribution in [0.3, 0.4) is 0 Å². The van der Waals surface area contributed by atoms with E-state index in [9.17, 15) is 0 Å². The Labute approximate surface area is 111 Å².